The highest BCUT2D eigenvalue weighted by atomic mass is 32.1. The van der Waals surface area contributed by atoms with Crippen LogP contribution in [0.15, 0.2) is 5.38 Å². The molecule has 1 rings (SSSR count). The fourth-order valence-corrected chi connectivity index (χ4v) is 2.30. The first kappa shape index (κ1) is 17.4. The van der Waals surface area contributed by atoms with E-state index in [0.717, 1.165) is 10.7 Å². The van der Waals surface area contributed by atoms with Gasteiger partial charge in [0.15, 0.2) is 0 Å². The fourth-order valence-electron chi connectivity index (χ4n) is 1.65. The number of amides is 1. The number of carbonyl (C=O) groups excluding carboxylic acids is 1. The van der Waals surface area contributed by atoms with E-state index in [0.29, 0.717) is 12.8 Å². The molecule has 21 heavy (non-hydrogen) atoms. The molecule has 0 saturated carbocycles. The van der Waals surface area contributed by atoms with Crippen molar-refractivity contribution in [2.75, 3.05) is 0 Å². The topological polar surface area (TPSA) is 79.3 Å². The van der Waals surface area contributed by atoms with E-state index in [-0.39, 0.29) is 6.42 Å². The number of carboxylic acid groups (broad SMARTS) is 1. The maximum absolute atomic E-state index is 12.2. The van der Waals surface area contributed by atoms with E-state index in [1.165, 1.54) is 11.3 Å². The lowest BCUT2D eigenvalue weighted by Gasteiger charge is -2.16. The number of rotatable bonds is 7. The van der Waals surface area contributed by atoms with Gasteiger partial charge in [0.2, 0.25) is 5.91 Å². The Morgan fingerprint density at radius 3 is 2.62 bits per heavy atom. The van der Waals surface area contributed by atoms with Gasteiger partial charge in [-0.1, -0.05) is 0 Å². The molecule has 0 aromatic carbocycles. The summed E-state index contributed by atoms with van der Waals surface area (Å²) in [5, 5.41) is 13.3. The van der Waals surface area contributed by atoms with E-state index >= 15 is 0 Å². The molecule has 0 fully saturated rings. The highest BCUT2D eigenvalue weighted by Crippen LogP contribution is 2.21. The number of halogens is 3. The van der Waals surface area contributed by atoms with Crippen molar-refractivity contribution in [1.29, 1.82) is 0 Å². The number of hydrogen-bond acceptors (Lipinski definition) is 4. The third-order valence-corrected chi connectivity index (χ3v) is 3.39. The van der Waals surface area contributed by atoms with E-state index in [4.69, 9.17) is 5.11 Å². The molecule has 0 aliphatic carbocycles. The van der Waals surface area contributed by atoms with Gasteiger partial charge in [0.1, 0.15) is 6.04 Å². The molecule has 5 nitrogen and oxygen atoms in total. The van der Waals surface area contributed by atoms with E-state index in [1.807, 2.05) is 17.6 Å². The van der Waals surface area contributed by atoms with Gasteiger partial charge < -0.3 is 10.4 Å². The molecular formula is C12H15F3N2O3S. The van der Waals surface area contributed by atoms with E-state index < -0.39 is 30.5 Å². The number of aliphatic carboxylic acids is 1. The first-order valence-corrected chi connectivity index (χ1v) is 7.05. The summed E-state index contributed by atoms with van der Waals surface area (Å²) in [5.41, 5.74) is 0.815. The molecule has 0 aliphatic heterocycles. The van der Waals surface area contributed by atoms with Crippen LogP contribution in [-0.2, 0) is 16.0 Å². The molecule has 1 aromatic heterocycles. The number of hydrogen-bond donors (Lipinski definition) is 2. The molecule has 1 atom stereocenters. The standard InChI is InChI=1S/C12H15F3N2O3S/c1-7-16-8(6-21-7)3-2-4-10(18)17-9(11(19)20)5-12(13,14)15/h6,9H,2-5H2,1H3,(H,17,18)(H,19,20). The van der Waals surface area contributed by atoms with Gasteiger partial charge >= 0.3 is 12.1 Å². The van der Waals surface area contributed by atoms with Gasteiger partial charge in [-0.25, -0.2) is 9.78 Å². The highest BCUT2D eigenvalue weighted by Gasteiger charge is 2.36. The van der Waals surface area contributed by atoms with Crippen LogP contribution in [0.4, 0.5) is 13.2 Å². The average molecular weight is 324 g/mol. The Labute approximate surface area is 123 Å². The van der Waals surface area contributed by atoms with Crippen LogP contribution in [0.2, 0.25) is 0 Å². The Kier molecular flexibility index (Phi) is 6.13. The third-order valence-electron chi connectivity index (χ3n) is 2.57. The van der Waals surface area contributed by atoms with Crippen molar-refractivity contribution in [2.45, 2.75) is 44.8 Å². The summed E-state index contributed by atoms with van der Waals surface area (Å²) in [6.45, 7) is 1.84. The first-order valence-electron chi connectivity index (χ1n) is 6.17. The van der Waals surface area contributed by atoms with Crippen molar-refractivity contribution in [3.8, 4) is 0 Å². The van der Waals surface area contributed by atoms with Gasteiger partial charge in [-0.15, -0.1) is 11.3 Å². The smallest absolute Gasteiger partial charge is 0.391 e. The molecule has 1 aromatic rings. The first-order chi connectivity index (χ1) is 9.67. The number of aromatic nitrogens is 1. The van der Waals surface area contributed by atoms with Gasteiger partial charge in [0, 0.05) is 11.8 Å². The van der Waals surface area contributed by atoms with Gasteiger partial charge in [-0.3, -0.25) is 4.79 Å². The van der Waals surface area contributed by atoms with Gasteiger partial charge in [-0.2, -0.15) is 13.2 Å². The van der Waals surface area contributed by atoms with Crippen LogP contribution in [0.1, 0.15) is 30.0 Å². The molecule has 0 aliphatic rings. The molecule has 2 N–H and O–H groups in total. The molecule has 1 amide bonds. The van der Waals surface area contributed by atoms with Gasteiger partial charge in [-0.05, 0) is 19.8 Å². The van der Waals surface area contributed by atoms with E-state index in [2.05, 4.69) is 4.98 Å². The van der Waals surface area contributed by atoms with Crippen LogP contribution in [0, 0.1) is 6.92 Å². The minimum atomic E-state index is -4.64. The van der Waals surface area contributed by atoms with Crippen LogP contribution in [-0.4, -0.2) is 34.2 Å². The SMILES string of the molecule is Cc1nc(CCCC(=O)NC(CC(F)(F)F)C(=O)O)cs1. The van der Waals surface area contributed by atoms with Gasteiger partial charge in [0.25, 0.3) is 0 Å². The van der Waals surface area contributed by atoms with E-state index in [9.17, 15) is 22.8 Å². The molecule has 1 unspecified atom stereocenters. The molecule has 0 saturated heterocycles. The van der Waals surface area contributed by atoms with Crippen molar-refractivity contribution < 1.29 is 27.9 Å². The molecular weight excluding hydrogens is 309 g/mol. The molecule has 0 bridgehead atoms. The minimum Gasteiger partial charge on any atom is -0.480 e. The summed E-state index contributed by atoms with van der Waals surface area (Å²) >= 11 is 1.47. The Balaban J connectivity index is 2.38. The Morgan fingerprint density at radius 2 is 2.14 bits per heavy atom. The average Bonchev–Trinajstić information content (AvgIpc) is 2.72. The van der Waals surface area contributed by atoms with Gasteiger partial charge in [0.05, 0.1) is 17.1 Å². The Morgan fingerprint density at radius 1 is 1.48 bits per heavy atom. The second kappa shape index (κ2) is 7.39. The van der Waals surface area contributed by atoms with Crippen molar-refractivity contribution >= 4 is 23.2 Å². The summed E-state index contributed by atoms with van der Waals surface area (Å²) in [7, 11) is 0. The van der Waals surface area contributed by atoms with Crippen LogP contribution in [0.5, 0.6) is 0 Å². The molecule has 1 heterocycles. The molecule has 9 heteroatoms. The second-order valence-corrected chi connectivity index (χ2v) is 5.55. The minimum absolute atomic E-state index is 0.0434. The summed E-state index contributed by atoms with van der Waals surface area (Å²) in [6.07, 6.45) is -5.35. The summed E-state index contributed by atoms with van der Waals surface area (Å²) < 4.78 is 36.5. The molecule has 0 radical (unpaired) electrons. The number of alkyl halides is 3. The number of carboxylic acids is 1. The Bertz CT molecular complexity index is 502. The predicted molar refractivity (Wildman–Crippen MR) is 70.0 cm³/mol. The predicted octanol–water partition coefficient (Wildman–Crippen LogP) is 2.30. The largest absolute Gasteiger partial charge is 0.480 e. The highest BCUT2D eigenvalue weighted by molar-refractivity contribution is 7.09. The van der Waals surface area contributed by atoms with Crippen molar-refractivity contribution in [3.05, 3.63) is 16.1 Å². The number of thiazole rings is 1. The normalized spacial score (nSPS) is 13.0. The zero-order chi connectivity index (χ0) is 16.0. The fraction of sp³-hybridized carbons (Fsp3) is 0.583. The third kappa shape index (κ3) is 7.07. The van der Waals surface area contributed by atoms with Crippen LogP contribution < -0.4 is 5.32 Å². The lowest BCUT2D eigenvalue weighted by Crippen LogP contribution is -2.43. The number of nitrogens with one attached hydrogen (secondary N) is 1. The second-order valence-electron chi connectivity index (χ2n) is 4.49. The summed E-state index contributed by atoms with van der Waals surface area (Å²) in [5.74, 6) is -2.41. The lowest BCUT2D eigenvalue weighted by molar-refractivity contribution is -0.160. The lowest BCUT2D eigenvalue weighted by atomic mass is 10.1. The number of carbonyl (C=O) groups is 2. The molecule has 0 spiro atoms. The summed E-state index contributed by atoms with van der Waals surface area (Å²) in [4.78, 5) is 26.4. The zero-order valence-electron chi connectivity index (χ0n) is 11.2. The van der Waals surface area contributed by atoms with Crippen molar-refractivity contribution in [1.82, 2.24) is 10.3 Å². The quantitative estimate of drug-likeness (QED) is 0.806. The zero-order valence-corrected chi connectivity index (χ0v) is 12.1. The van der Waals surface area contributed by atoms with Crippen LogP contribution >= 0.6 is 11.3 Å². The van der Waals surface area contributed by atoms with Crippen molar-refractivity contribution in [2.24, 2.45) is 0 Å². The van der Waals surface area contributed by atoms with E-state index in [1.54, 1.807) is 0 Å². The monoisotopic (exact) mass is 324 g/mol. The number of aryl methyl sites for hydroxylation is 2. The van der Waals surface area contributed by atoms with Crippen LogP contribution in [0.3, 0.4) is 0 Å². The maximum Gasteiger partial charge on any atom is 0.391 e. The van der Waals surface area contributed by atoms with Crippen LogP contribution in [0.25, 0.3) is 0 Å². The summed E-state index contributed by atoms with van der Waals surface area (Å²) in [6, 6.07) is -1.95. The number of nitrogens with zero attached hydrogens (tertiary/aromatic N) is 1. The molecule has 118 valence electrons. The maximum atomic E-state index is 12.2. The Hall–Kier alpha value is -1.64. The van der Waals surface area contributed by atoms with Crippen molar-refractivity contribution in [3.63, 3.8) is 0 Å².